The molecule has 168 valence electrons. The van der Waals surface area contributed by atoms with E-state index in [0.29, 0.717) is 33.9 Å². The molecule has 0 aliphatic rings. The van der Waals surface area contributed by atoms with Gasteiger partial charge in [-0.3, -0.25) is 0 Å². The number of carboxylic acids is 1. The standard InChI is InChI=1S/C20H11F2N3O.C2HF3O2/c21-13-7-5-11(9-14(13)22)12-6-8-17-18(10-12)26-20(25-17)19-23-15-3-1-2-4-16(15)24-19;3-2(4,5)1(6)7/h1-10H,(H,23,24);(H,6,7). The highest BCUT2D eigenvalue weighted by Gasteiger charge is 2.38. The van der Waals surface area contributed by atoms with Crippen molar-refractivity contribution in [3.63, 3.8) is 0 Å². The highest BCUT2D eigenvalue weighted by atomic mass is 19.4. The third-order valence-electron chi connectivity index (χ3n) is 4.48. The lowest BCUT2D eigenvalue weighted by atomic mass is 10.1. The number of halogens is 5. The second-order valence-corrected chi connectivity index (χ2v) is 6.74. The van der Waals surface area contributed by atoms with E-state index in [1.165, 1.54) is 6.07 Å². The van der Waals surface area contributed by atoms with E-state index < -0.39 is 23.8 Å². The Balaban J connectivity index is 0.000000325. The first-order chi connectivity index (χ1) is 15.6. The minimum absolute atomic E-state index is 0.374. The molecule has 33 heavy (non-hydrogen) atoms. The van der Waals surface area contributed by atoms with Gasteiger partial charge in [-0.05, 0) is 47.5 Å². The Bertz CT molecular complexity index is 1440. The maximum atomic E-state index is 13.5. The van der Waals surface area contributed by atoms with Gasteiger partial charge >= 0.3 is 12.1 Å². The predicted molar refractivity (Wildman–Crippen MR) is 108 cm³/mol. The SMILES string of the molecule is Fc1ccc(-c2ccc3nc(-c4nc5ccccc5[nH]4)oc3c2)cc1F.O=C(O)C(F)(F)F. The van der Waals surface area contributed by atoms with Gasteiger partial charge in [-0.25, -0.2) is 23.5 Å². The summed E-state index contributed by atoms with van der Waals surface area (Å²) in [5.74, 6) is -3.60. The Morgan fingerprint density at radius 1 is 0.879 bits per heavy atom. The number of aromatic nitrogens is 3. The van der Waals surface area contributed by atoms with E-state index in [-0.39, 0.29) is 0 Å². The monoisotopic (exact) mass is 461 g/mol. The molecule has 2 N–H and O–H groups in total. The van der Waals surface area contributed by atoms with Crippen LogP contribution in [-0.4, -0.2) is 32.2 Å². The summed E-state index contributed by atoms with van der Waals surface area (Å²) in [5, 5.41) is 7.12. The number of oxazole rings is 1. The van der Waals surface area contributed by atoms with Crippen LogP contribution in [0, 0.1) is 11.6 Å². The van der Waals surface area contributed by atoms with Crippen LogP contribution in [0.5, 0.6) is 0 Å². The molecule has 2 aromatic heterocycles. The van der Waals surface area contributed by atoms with Crippen molar-refractivity contribution in [2.24, 2.45) is 0 Å². The first-order valence-corrected chi connectivity index (χ1v) is 9.23. The van der Waals surface area contributed by atoms with E-state index in [4.69, 9.17) is 14.3 Å². The number of carbonyl (C=O) groups is 1. The third-order valence-corrected chi connectivity index (χ3v) is 4.48. The van der Waals surface area contributed by atoms with E-state index in [1.54, 1.807) is 18.2 Å². The summed E-state index contributed by atoms with van der Waals surface area (Å²) in [5.41, 5.74) is 4.20. The van der Waals surface area contributed by atoms with Gasteiger partial charge in [0.25, 0.3) is 5.89 Å². The van der Waals surface area contributed by atoms with Crippen molar-refractivity contribution in [1.29, 1.82) is 0 Å². The molecule has 11 heteroatoms. The number of para-hydroxylation sites is 2. The number of nitrogens with one attached hydrogen (secondary N) is 1. The highest BCUT2D eigenvalue weighted by molar-refractivity contribution is 5.83. The Hall–Kier alpha value is -4.28. The molecule has 0 radical (unpaired) electrons. The molecule has 0 fully saturated rings. The maximum absolute atomic E-state index is 13.5. The van der Waals surface area contributed by atoms with E-state index in [9.17, 15) is 22.0 Å². The second kappa shape index (κ2) is 8.34. The Labute approximate surface area is 181 Å². The molecule has 0 bridgehead atoms. The topological polar surface area (TPSA) is 92.0 Å². The van der Waals surface area contributed by atoms with E-state index in [1.807, 2.05) is 24.3 Å². The van der Waals surface area contributed by atoms with Crippen LogP contribution in [0.3, 0.4) is 0 Å². The van der Waals surface area contributed by atoms with Crippen molar-refractivity contribution >= 4 is 28.1 Å². The van der Waals surface area contributed by atoms with Crippen molar-refractivity contribution < 1.29 is 36.3 Å². The van der Waals surface area contributed by atoms with Crippen molar-refractivity contribution in [1.82, 2.24) is 15.0 Å². The fourth-order valence-electron chi connectivity index (χ4n) is 2.94. The van der Waals surface area contributed by atoms with Gasteiger partial charge in [0.2, 0.25) is 0 Å². The molecule has 5 aromatic rings. The molecule has 0 aliphatic carbocycles. The molecule has 0 saturated carbocycles. The summed E-state index contributed by atoms with van der Waals surface area (Å²) in [6.45, 7) is 0. The van der Waals surface area contributed by atoms with E-state index >= 15 is 0 Å². The van der Waals surface area contributed by atoms with Crippen molar-refractivity contribution in [3.8, 4) is 22.8 Å². The summed E-state index contributed by atoms with van der Waals surface area (Å²) in [6.07, 6.45) is -5.08. The molecule has 0 atom stereocenters. The molecule has 3 aromatic carbocycles. The number of carboxylic acid groups (broad SMARTS) is 1. The highest BCUT2D eigenvalue weighted by Crippen LogP contribution is 2.29. The van der Waals surface area contributed by atoms with Crippen molar-refractivity contribution in [2.75, 3.05) is 0 Å². The number of aromatic amines is 1. The number of hydrogen-bond acceptors (Lipinski definition) is 4. The quantitative estimate of drug-likeness (QED) is 0.317. The lowest BCUT2D eigenvalue weighted by molar-refractivity contribution is -0.192. The van der Waals surface area contributed by atoms with Gasteiger partial charge in [-0.15, -0.1) is 0 Å². The van der Waals surface area contributed by atoms with Gasteiger partial charge in [-0.1, -0.05) is 24.3 Å². The number of imidazole rings is 1. The van der Waals surface area contributed by atoms with Crippen molar-refractivity contribution in [2.45, 2.75) is 6.18 Å². The molecule has 6 nitrogen and oxygen atoms in total. The van der Waals surface area contributed by atoms with E-state index in [0.717, 1.165) is 23.2 Å². The van der Waals surface area contributed by atoms with Crippen LogP contribution in [-0.2, 0) is 4.79 Å². The molecule has 0 unspecified atom stereocenters. The van der Waals surface area contributed by atoms with Crippen LogP contribution in [0.15, 0.2) is 65.1 Å². The third kappa shape index (κ3) is 4.66. The molecule has 0 amide bonds. The molecular weight excluding hydrogens is 449 g/mol. The average molecular weight is 461 g/mol. The van der Waals surface area contributed by atoms with Gasteiger partial charge < -0.3 is 14.5 Å². The van der Waals surface area contributed by atoms with Crippen LogP contribution in [0.1, 0.15) is 0 Å². The molecule has 0 saturated heterocycles. The molecular formula is C22H12F5N3O3. The van der Waals surface area contributed by atoms with Gasteiger partial charge in [0.1, 0.15) is 5.52 Å². The largest absolute Gasteiger partial charge is 0.490 e. The Morgan fingerprint density at radius 2 is 1.55 bits per heavy atom. The molecule has 0 aliphatic heterocycles. The number of H-pyrrole nitrogens is 1. The Morgan fingerprint density at radius 3 is 2.21 bits per heavy atom. The van der Waals surface area contributed by atoms with Gasteiger partial charge in [0, 0.05) is 0 Å². The minimum Gasteiger partial charge on any atom is -0.475 e. The van der Waals surface area contributed by atoms with Gasteiger partial charge in [0.05, 0.1) is 11.0 Å². The summed E-state index contributed by atoms with van der Waals surface area (Å²) in [6, 6.07) is 16.8. The number of alkyl halides is 3. The van der Waals surface area contributed by atoms with Gasteiger partial charge in [0.15, 0.2) is 23.0 Å². The number of fused-ring (bicyclic) bond motifs is 2. The van der Waals surface area contributed by atoms with Crippen LogP contribution in [0.4, 0.5) is 22.0 Å². The minimum atomic E-state index is -5.08. The number of benzene rings is 3. The first kappa shape index (κ1) is 21.9. The summed E-state index contributed by atoms with van der Waals surface area (Å²) in [4.78, 5) is 21.0. The molecule has 0 spiro atoms. The smallest absolute Gasteiger partial charge is 0.475 e. The number of aliphatic carboxylic acids is 1. The fourth-order valence-corrected chi connectivity index (χ4v) is 2.94. The molecule has 5 rings (SSSR count). The maximum Gasteiger partial charge on any atom is 0.490 e. The predicted octanol–water partition coefficient (Wildman–Crippen LogP) is 5.95. The fraction of sp³-hybridized carbons (Fsp3) is 0.0455. The summed E-state index contributed by atoms with van der Waals surface area (Å²) < 4.78 is 64.2. The number of nitrogens with zero attached hydrogens (tertiary/aromatic N) is 2. The summed E-state index contributed by atoms with van der Waals surface area (Å²) >= 11 is 0. The summed E-state index contributed by atoms with van der Waals surface area (Å²) in [7, 11) is 0. The zero-order valence-electron chi connectivity index (χ0n) is 16.3. The van der Waals surface area contributed by atoms with Crippen LogP contribution >= 0.6 is 0 Å². The Kier molecular flexibility index (Phi) is 5.54. The lowest BCUT2D eigenvalue weighted by Gasteiger charge is -2.01. The van der Waals surface area contributed by atoms with Gasteiger partial charge in [-0.2, -0.15) is 13.2 Å². The van der Waals surface area contributed by atoms with Crippen LogP contribution < -0.4 is 0 Å². The first-order valence-electron chi connectivity index (χ1n) is 9.23. The van der Waals surface area contributed by atoms with Crippen LogP contribution in [0.2, 0.25) is 0 Å². The number of rotatable bonds is 2. The average Bonchev–Trinajstić information content (AvgIpc) is 3.38. The zero-order chi connectivity index (χ0) is 23.8. The molecule has 2 heterocycles. The van der Waals surface area contributed by atoms with Crippen LogP contribution in [0.25, 0.3) is 45.0 Å². The second-order valence-electron chi connectivity index (χ2n) is 6.74. The van der Waals surface area contributed by atoms with Crippen molar-refractivity contribution in [3.05, 3.63) is 72.3 Å². The zero-order valence-corrected chi connectivity index (χ0v) is 16.3. The lowest BCUT2D eigenvalue weighted by Crippen LogP contribution is -2.21. The normalized spacial score (nSPS) is 11.4. The van der Waals surface area contributed by atoms with E-state index in [2.05, 4.69) is 15.0 Å². The number of hydrogen-bond donors (Lipinski definition) is 2.